The maximum Gasteiger partial charge on any atom is 0.242 e. The van der Waals surface area contributed by atoms with Crippen molar-refractivity contribution in [3.63, 3.8) is 0 Å². The Balaban J connectivity index is 2.67. The number of benzene rings is 1. The Kier molecular flexibility index (Phi) is 7.60. The van der Waals surface area contributed by atoms with Gasteiger partial charge in [-0.05, 0) is 18.4 Å². The molecule has 22 heavy (non-hydrogen) atoms. The minimum absolute atomic E-state index is 0.0196. The Morgan fingerprint density at radius 1 is 1.18 bits per heavy atom. The Labute approximate surface area is 132 Å². The Morgan fingerprint density at radius 3 is 2.32 bits per heavy atom. The highest BCUT2D eigenvalue weighted by atomic mass is 16.5. The van der Waals surface area contributed by atoms with Gasteiger partial charge in [-0.15, -0.1) is 0 Å². The highest BCUT2D eigenvalue weighted by molar-refractivity contribution is 5.87. The van der Waals surface area contributed by atoms with Gasteiger partial charge < -0.3 is 15.4 Å². The summed E-state index contributed by atoms with van der Waals surface area (Å²) in [5.74, 6) is -0.379. The lowest BCUT2D eigenvalue weighted by molar-refractivity contribution is -0.129. The number of ether oxygens (including phenoxy) is 1. The van der Waals surface area contributed by atoms with E-state index in [9.17, 15) is 9.59 Å². The predicted molar refractivity (Wildman–Crippen MR) is 86.3 cm³/mol. The average Bonchev–Trinajstić information content (AvgIpc) is 2.49. The maximum absolute atomic E-state index is 12.3. The monoisotopic (exact) mass is 306 g/mol. The van der Waals surface area contributed by atoms with Crippen molar-refractivity contribution in [1.82, 2.24) is 10.6 Å². The van der Waals surface area contributed by atoms with Gasteiger partial charge in [0.15, 0.2) is 0 Å². The molecule has 0 aromatic heterocycles. The van der Waals surface area contributed by atoms with Crippen LogP contribution in [-0.2, 0) is 14.3 Å². The lowest BCUT2D eigenvalue weighted by Crippen LogP contribution is -2.49. The van der Waals surface area contributed by atoms with Crippen molar-refractivity contribution >= 4 is 11.8 Å². The molecule has 5 nitrogen and oxygen atoms in total. The molecule has 1 rings (SSSR count). The molecule has 0 saturated carbocycles. The third kappa shape index (κ3) is 5.85. The molecule has 0 heterocycles. The zero-order valence-corrected chi connectivity index (χ0v) is 13.8. The normalized spacial score (nSPS) is 13.5. The van der Waals surface area contributed by atoms with Gasteiger partial charge in [0.2, 0.25) is 11.8 Å². The van der Waals surface area contributed by atoms with Gasteiger partial charge in [-0.25, -0.2) is 0 Å². The minimum Gasteiger partial charge on any atom is -0.372 e. The highest BCUT2D eigenvalue weighted by Gasteiger charge is 2.23. The molecule has 2 amide bonds. The second-order valence-corrected chi connectivity index (χ2v) is 5.52. The molecule has 0 spiro atoms. The fraction of sp³-hybridized carbons (Fsp3) is 0.529. The first-order valence-electron chi connectivity index (χ1n) is 7.67. The van der Waals surface area contributed by atoms with E-state index in [4.69, 9.17) is 4.74 Å². The molecule has 0 unspecified atom stereocenters. The summed E-state index contributed by atoms with van der Waals surface area (Å²) in [4.78, 5) is 23.5. The molecular formula is C17H26N2O3. The summed E-state index contributed by atoms with van der Waals surface area (Å²) in [5, 5.41) is 5.56. The summed E-state index contributed by atoms with van der Waals surface area (Å²) in [6, 6.07) is 9.24. The minimum atomic E-state index is -0.532. The van der Waals surface area contributed by atoms with E-state index >= 15 is 0 Å². The van der Waals surface area contributed by atoms with E-state index in [1.807, 2.05) is 51.1 Å². The Hall–Kier alpha value is -1.88. The first-order valence-corrected chi connectivity index (χ1v) is 7.67. The average molecular weight is 306 g/mol. The van der Waals surface area contributed by atoms with Gasteiger partial charge in [-0.1, -0.05) is 44.2 Å². The second kappa shape index (κ2) is 9.20. The summed E-state index contributed by atoms with van der Waals surface area (Å²) in [7, 11) is 0. The van der Waals surface area contributed by atoms with Crippen LogP contribution in [0.3, 0.4) is 0 Å². The molecule has 1 aromatic rings. The SMILES string of the molecule is CCO[C@@H](CNC(=O)[C@@H](NC(C)=O)C(C)C)c1ccccc1. The zero-order chi connectivity index (χ0) is 16.5. The molecule has 0 bridgehead atoms. The summed E-state index contributed by atoms with van der Waals surface area (Å²) < 4.78 is 5.70. The zero-order valence-electron chi connectivity index (χ0n) is 13.8. The third-order valence-corrected chi connectivity index (χ3v) is 3.31. The molecule has 1 aromatic carbocycles. The van der Waals surface area contributed by atoms with Crippen LogP contribution >= 0.6 is 0 Å². The number of hydrogen-bond donors (Lipinski definition) is 2. The largest absolute Gasteiger partial charge is 0.372 e. The number of carbonyl (C=O) groups excluding carboxylic acids is 2. The lowest BCUT2D eigenvalue weighted by atomic mass is 10.0. The van der Waals surface area contributed by atoms with E-state index in [-0.39, 0.29) is 23.8 Å². The van der Waals surface area contributed by atoms with Gasteiger partial charge in [0.1, 0.15) is 6.04 Å². The van der Waals surface area contributed by atoms with Crippen molar-refractivity contribution in [3.8, 4) is 0 Å². The highest BCUT2D eigenvalue weighted by Crippen LogP contribution is 2.16. The molecule has 0 aliphatic carbocycles. The van der Waals surface area contributed by atoms with Gasteiger partial charge >= 0.3 is 0 Å². The topological polar surface area (TPSA) is 67.4 Å². The van der Waals surface area contributed by atoms with E-state index in [2.05, 4.69) is 10.6 Å². The Bertz CT molecular complexity index is 474. The molecule has 2 atom stereocenters. The van der Waals surface area contributed by atoms with Crippen LogP contribution in [0.25, 0.3) is 0 Å². The first kappa shape index (κ1) is 18.2. The molecule has 0 radical (unpaired) electrons. The van der Waals surface area contributed by atoms with Crippen molar-refractivity contribution in [2.45, 2.75) is 39.8 Å². The van der Waals surface area contributed by atoms with Crippen molar-refractivity contribution in [1.29, 1.82) is 0 Å². The predicted octanol–water partition coefficient (Wildman–Crippen LogP) is 2.04. The quantitative estimate of drug-likeness (QED) is 0.772. The van der Waals surface area contributed by atoms with Crippen LogP contribution in [-0.4, -0.2) is 31.0 Å². The molecule has 122 valence electrons. The standard InChI is InChI=1S/C17H26N2O3/c1-5-22-15(14-9-7-6-8-10-14)11-18-17(21)16(12(2)3)19-13(4)20/h6-10,12,15-16H,5,11H2,1-4H3,(H,18,21)(H,19,20)/t15-,16-/m0/s1. The molecular weight excluding hydrogens is 280 g/mol. The number of carbonyl (C=O) groups is 2. The summed E-state index contributed by atoms with van der Waals surface area (Å²) in [6.45, 7) is 8.07. The van der Waals surface area contributed by atoms with Crippen LogP contribution < -0.4 is 10.6 Å². The van der Waals surface area contributed by atoms with E-state index in [0.717, 1.165) is 5.56 Å². The van der Waals surface area contributed by atoms with Gasteiger partial charge in [-0.3, -0.25) is 9.59 Å². The van der Waals surface area contributed by atoms with Crippen LogP contribution in [0.4, 0.5) is 0 Å². The Morgan fingerprint density at radius 2 is 1.82 bits per heavy atom. The molecule has 0 aliphatic heterocycles. The van der Waals surface area contributed by atoms with Crippen molar-refractivity contribution in [3.05, 3.63) is 35.9 Å². The van der Waals surface area contributed by atoms with Gasteiger partial charge in [0.05, 0.1) is 6.10 Å². The van der Waals surface area contributed by atoms with Gasteiger partial charge in [0.25, 0.3) is 0 Å². The summed E-state index contributed by atoms with van der Waals surface area (Å²) in [5.41, 5.74) is 1.02. The van der Waals surface area contributed by atoms with E-state index in [0.29, 0.717) is 13.2 Å². The van der Waals surface area contributed by atoms with Crippen molar-refractivity contribution in [2.24, 2.45) is 5.92 Å². The molecule has 0 saturated heterocycles. The van der Waals surface area contributed by atoms with Crippen LogP contribution in [0, 0.1) is 5.92 Å². The van der Waals surface area contributed by atoms with Gasteiger partial charge in [0, 0.05) is 20.1 Å². The maximum atomic E-state index is 12.3. The second-order valence-electron chi connectivity index (χ2n) is 5.52. The molecule has 2 N–H and O–H groups in total. The molecule has 0 fully saturated rings. The molecule has 5 heteroatoms. The number of hydrogen-bond acceptors (Lipinski definition) is 3. The third-order valence-electron chi connectivity index (χ3n) is 3.31. The van der Waals surface area contributed by atoms with Gasteiger partial charge in [-0.2, -0.15) is 0 Å². The molecule has 0 aliphatic rings. The van der Waals surface area contributed by atoms with E-state index in [1.54, 1.807) is 0 Å². The number of rotatable bonds is 8. The number of nitrogens with one attached hydrogen (secondary N) is 2. The number of amides is 2. The lowest BCUT2D eigenvalue weighted by Gasteiger charge is -2.23. The van der Waals surface area contributed by atoms with Crippen molar-refractivity contribution in [2.75, 3.05) is 13.2 Å². The fourth-order valence-electron chi connectivity index (χ4n) is 2.20. The van der Waals surface area contributed by atoms with E-state index in [1.165, 1.54) is 6.92 Å². The first-order chi connectivity index (χ1) is 10.5. The van der Waals surface area contributed by atoms with E-state index < -0.39 is 6.04 Å². The van der Waals surface area contributed by atoms with Crippen LogP contribution in [0.5, 0.6) is 0 Å². The smallest absolute Gasteiger partial charge is 0.242 e. The fourth-order valence-corrected chi connectivity index (χ4v) is 2.20. The summed E-state index contributed by atoms with van der Waals surface area (Å²) in [6.07, 6.45) is -0.194. The van der Waals surface area contributed by atoms with Crippen LogP contribution in [0.2, 0.25) is 0 Å². The van der Waals surface area contributed by atoms with Crippen molar-refractivity contribution < 1.29 is 14.3 Å². The van der Waals surface area contributed by atoms with Crippen LogP contribution in [0.15, 0.2) is 30.3 Å². The summed E-state index contributed by atoms with van der Waals surface area (Å²) >= 11 is 0. The van der Waals surface area contributed by atoms with Crippen LogP contribution in [0.1, 0.15) is 39.4 Å².